The van der Waals surface area contributed by atoms with Gasteiger partial charge in [-0.15, -0.1) is 0 Å². The second kappa shape index (κ2) is 9.75. The van der Waals surface area contributed by atoms with E-state index in [2.05, 4.69) is 20.3 Å². The van der Waals surface area contributed by atoms with E-state index >= 15 is 0 Å². The highest BCUT2D eigenvalue weighted by Crippen LogP contribution is 2.32. The topological polar surface area (TPSA) is 124 Å². The van der Waals surface area contributed by atoms with Crippen molar-refractivity contribution in [2.75, 3.05) is 29.9 Å². The van der Waals surface area contributed by atoms with Crippen molar-refractivity contribution >= 4 is 40.1 Å². The highest BCUT2D eigenvalue weighted by Gasteiger charge is 2.44. The standard InChI is InChI=1S/C23H20ClF3N6O3/c1-11-7-13(12(2)29-14-3-4-18(24)31-20(14)22(34)35)19-15(8-11)30-16(9-28)21(32-19)33-5-6-36-17(10-33)23(25,26)27/h3-4,7-8,12,17,29H,5-6,10H2,1-2H3,(H,34,35)/t12-,17-/m1/s1. The Morgan fingerprint density at radius 1 is 1.33 bits per heavy atom. The smallest absolute Gasteiger partial charge is 0.416 e. The van der Waals surface area contributed by atoms with Crippen molar-refractivity contribution < 1.29 is 27.8 Å². The summed E-state index contributed by atoms with van der Waals surface area (Å²) in [6, 6.07) is 7.88. The summed E-state index contributed by atoms with van der Waals surface area (Å²) in [5, 5.41) is 22.3. The maximum atomic E-state index is 13.3. The summed E-state index contributed by atoms with van der Waals surface area (Å²) in [7, 11) is 0. The molecule has 0 spiro atoms. The molecule has 0 unspecified atom stereocenters. The summed E-state index contributed by atoms with van der Waals surface area (Å²) < 4.78 is 44.7. The maximum Gasteiger partial charge on any atom is 0.416 e. The number of aromatic carboxylic acids is 1. The number of morpholine rings is 1. The molecule has 0 radical (unpaired) electrons. The molecule has 1 aromatic carbocycles. The minimum atomic E-state index is -4.56. The van der Waals surface area contributed by atoms with Crippen LogP contribution in [-0.4, -0.2) is 58.0 Å². The molecule has 13 heteroatoms. The quantitative estimate of drug-likeness (QED) is 0.468. The monoisotopic (exact) mass is 520 g/mol. The number of ether oxygens (including phenoxy) is 1. The molecule has 2 atom stereocenters. The fourth-order valence-electron chi connectivity index (χ4n) is 4.01. The minimum Gasteiger partial charge on any atom is -0.476 e. The number of nitrogens with zero attached hydrogens (tertiary/aromatic N) is 5. The Labute approximate surface area is 208 Å². The zero-order valence-corrected chi connectivity index (χ0v) is 19.9. The van der Waals surface area contributed by atoms with Gasteiger partial charge in [0.15, 0.2) is 23.3 Å². The van der Waals surface area contributed by atoms with Crippen LogP contribution in [0.5, 0.6) is 0 Å². The van der Waals surface area contributed by atoms with Gasteiger partial charge in [0.2, 0.25) is 0 Å². The van der Waals surface area contributed by atoms with E-state index < -0.39 is 30.8 Å². The predicted octanol–water partition coefficient (Wildman–Crippen LogP) is 4.50. The van der Waals surface area contributed by atoms with Gasteiger partial charge in [0.05, 0.1) is 35.9 Å². The maximum absolute atomic E-state index is 13.3. The Balaban J connectivity index is 1.78. The van der Waals surface area contributed by atoms with Gasteiger partial charge >= 0.3 is 12.1 Å². The summed E-state index contributed by atoms with van der Waals surface area (Å²) in [4.78, 5) is 25.8. The molecule has 0 aliphatic carbocycles. The number of alkyl halides is 3. The van der Waals surface area contributed by atoms with Crippen LogP contribution in [0.1, 0.15) is 40.3 Å². The van der Waals surface area contributed by atoms with Crippen LogP contribution in [0.2, 0.25) is 5.15 Å². The van der Waals surface area contributed by atoms with Gasteiger partial charge in [-0.1, -0.05) is 17.7 Å². The van der Waals surface area contributed by atoms with E-state index in [1.807, 2.05) is 19.1 Å². The van der Waals surface area contributed by atoms with E-state index in [0.717, 1.165) is 5.56 Å². The van der Waals surface area contributed by atoms with E-state index in [4.69, 9.17) is 16.3 Å². The molecule has 36 heavy (non-hydrogen) atoms. The first-order valence-corrected chi connectivity index (χ1v) is 11.2. The molecule has 1 aliphatic rings. The van der Waals surface area contributed by atoms with Crippen molar-refractivity contribution in [2.45, 2.75) is 32.2 Å². The molecular formula is C23H20ClF3N6O3. The predicted molar refractivity (Wildman–Crippen MR) is 125 cm³/mol. The van der Waals surface area contributed by atoms with Crippen molar-refractivity contribution in [2.24, 2.45) is 0 Å². The van der Waals surface area contributed by atoms with Crippen LogP contribution in [0.25, 0.3) is 11.0 Å². The molecule has 3 heterocycles. The van der Waals surface area contributed by atoms with Gasteiger partial charge in [-0.2, -0.15) is 18.4 Å². The molecule has 1 fully saturated rings. The Morgan fingerprint density at radius 2 is 2.08 bits per heavy atom. The Kier molecular flexibility index (Phi) is 6.88. The van der Waals surface area contributed by atoms with Crippen LogP contribution in [0, 0.1) is 18.3 Å². The first kappa shape index (κ1) is 25.4. The summed E-state index contributed by atoms with van der Waals surface area (Å²) in [6.45, 7) is 2.98. The van der Waals surface area contributed by atoms with Crippen molar-refractivity contribution in [1.29, 1.82) is 5.26 Å². The number of aromatic nitrogens is 3. The molecule has 0 bridgehead atoms. The third kappa shape index (κ3) is 5.12. The number of nitriles is 1. The average molecular weight is 521 g/mol. The van der Waals surface area contributed by atoms with Crippen LogP contribution in [0.15, 0.2) is 24.3 Å². The number of benzene rings is 1. The lowest BCUT2D eigenvalue weighted by Gasteiger charge is -2.34. The lowest BCUT2D eigenvalue weighted by Crippen LogP contribution is -2.49. The number of carbonyl (C=O) groups is 1. The van der Waals surface area contributed by atoms with Crippen molar-refractivity contribution in [3.63, 3.8) is 0 Å². The van der Waals surface area contributed by atoms with E-state index in [1.165, 1.54) is 17.0 Å². The highest BCUT2D eigenvalue weighted by atomic mass is 35.5. The number of nitrogens with one attached hydrogen (secondary N) is 1. The molecule has 4 rings (SSSR count). The van der Waals surface area contributed by atoms with Gasteiger partial charge in [-0.05, 0) is 37.6 Å². The molecule has 0 amide bonds. The second-order valence-electron chi connectivity index (χ2n) is 8.28. The fraction of sp³-hybridized carbons (Fsp3) is 0.348. The van der Waals surface area contributed by atoms with Gasteiger partial charge in [0.1, 0.15) is 11.2 Å². The van der Waals surface area contributed by atoms with Crippen LogP contribution < -0.4 is 10.2 Å². The van der Waals surface area contributed by atoms with E-state index in [9.17, 15) is 28.3 Å². The first-order chi connectivity index (χ1) is 17.0. The molecule has 3 aromatic rings. The Hall–Kier alpha value is -3.69. The van der Waals surface area contributed by atoms with Crippen LogP contribution in [-0.2, 0) is 4.74 Å². The minimum absolute atomic E-state index is 0.0221. The molecule has 2 N–H and O–H groups in total. The number of carboxylic acids is 1. The zero-order chi connectivity index (χ0) is 26.2. The lowest BCUT2D eigenvalue weighted by atomic mass is 10.0. The molecule has 188 valence electrons. The SMILES string of the molecule is Cc1cc([C@@H](C)Nc2ccc(Cl)nc2C(=O)O)c2nc(N3CCO[C@@H](C(F)(F)F)C3)c(C#N)nc2c1. The number of anilines is 2. The van der Waals surface area contributed by atoms with Crippen molar-refractivity contribution in [3.8, 4) is 6.07 Å². The number of halogens is 4. The van der Waals surface area contributed by atoms with Crippen molar-refractivity contribution in [3.05, 3.63) is 51.9 Å². The Bertz CT molecular complexity index is 1380. The van der Waals surface area contributed by atoms with Gasteiger partial charge in [-0.25, -0.2) is 19.7 Å². The third-order valence-electron chi connectivity index (χ3n) is 5.66. The molecular weight excluding hydrogens is 501 g/mol. The number of hydrogen-bond donors (Lipinski definition) is 2. The van der Waals surface area contributed by atoms with Gasteiger partial charge in [0, 0.05) is 12.1 Å². The van der Waals surface area contributed by atoms with E-state index in [-0.39, 0.29) is 41.2 Å². The highest BCUT2D eigenvalue weighted by molar-refractivity contribution is 6.29. The molecule has 0 saturated carbocycles. The van der Waals surface area contributed by atoms with E-state index in [0.29, 0.717) is 16.6 Å². The van der Waals surface area contributed by atoms with E-state index in [1.54, 1.807) is 13.0 Å². The molecule has 1 saturated heterocycles. The molecule has 2 aromatic heterocycles. The number of rotatable bonds is 5. The summed E-state index contributed by atoms with van der Waals surface area (Å²) in [5.41, 5.74) is 2.00. The second-order valence-corrected chi connectivity index (χ2v) is 8.67. The number of aryl methyl sites for hydroxylation is 1. The fourth-order valence-corrected chi connectivity index (χ4v) is 4.16. The van der Waals surface area contributed by atoms with Crippen molar-refractivity contribution in [1.82, 2.24) is 15.0 Å². The lowest BCUT2D eigenvalue weighted by molar-refractivity contribution is -0.221. The molecule has 1 aliphatic heterocycles. The summed E-state index contributed by atoms with van der Waals surface area (Å²) in [5.74, 6) is -1.24. The van der Waals surface area contributed by atoms with Crippen LogP contribution >= 0.6 is 11.6 Å². The normalized spacial score (nSPS) is 17.0. The first-order valence-electron chi connectivity index (χ1n) is 10.8. The van der Waals surface area contributed by atoms with Gasteiger partial charge in [-0.3, -0.25) is 0 Å². The average Bonchev–Trinajstić information content (AvgIpc) is 2.83. The molecule has 9 nitrogen and oxygen atoms in total. The summed E-state index contributed by atoms with van der Waals surface area (Å²) in [6.07, 6.45) is -6.58. The number of hydrogen-bond acceptors (Lipinski definition) is 8. The number of carboxylic acid groups (broad SMARTS) is 1. The number of pyridine rings is 1. The van der Waals surface area contributed by atoms with Gasteiger partial charge < -0.3 is 20.1 Å². The number of fused-ring (bicyclic) bond motifs is 1. The Morgan fingerprint density at radius 3 is 2.75 bits per heavy atom. The van der Waals surface area contributed by atoms with Crippen LogP contribution in [0.3, 0.4) is 0 Å². The zero-order valence-electron chi connectivity index (χ0n) is 19.1. The van der Waals surface area contributed by atoms with Gasteiger partial charge in [0.25, 0.3) is 0 Å². The van der Waals surface area contributed by atoms with Crippen LogP contribution in [0.4, 0.5) is 24.7 Å². The summed E-state index contributed by atoms with van der Waals surface area (Å²) >= 11 is 5.84. The largest absolute Gasteiger partial charge is 0.476 e. The third-order valence-corrected chi connectivity index (χ3v) is 5.88.